The van der Waals surface area contributed by atoms with E-state index in [2.05, 4.69) is 26.9 Å². The molecule has 0 unspecified atom stereocenters. The largest absolute Gasteiger partial charge is 0.384 e. The number of nitrogens with one attached hydrogen (secondary N) is 2. The van der Waals surface area contributed by atoms with E-state index in [1.807, 2.05) is 0 Å². The Morgan fingerprint density at radius 2 is 2.14 bits per heavy atom. The van der Waals surface area contributed by atoms with Crippen molar-refractivity contribution in [2.75, 3.05) is 26.0 Å². The van der Waals surface area contributed by atoms with E-state index >= 15 is 0 Å². The molecule has 0 spiro atoms. The number of pyridine rings is 1. The van der Waals surface area contributed by atoms with E-state index in [1.165, 1.54) is 12.4 Å². The van der Waals surface area contributed by atoms with Crippen LogP contribution in [0.5, 0.6) is 0 Å². The summed E-state index contributed by atoms with van der Waals surface area (Å²) >= 11 is 0. The van der Waals surface area contributed by atoms with Crippen LogP contribution in [0.15, 0.2) is 18.5 Å². The quantitative estimate of drug-likeness (QED) is 0.466. The summed E-state index contributed by atoms with van der Waals surface area (Å²) in [5, 5.41) is 11.3. The summed E-state index contributed by atoms with van der Waals surface area (Å²) in [5.74, 6) is 4.83. The zero-order valence-corrected chi connectivity index (χ0v) is 12.4. The second-order valence-corrected chi connectivity index (χ2v) is 6.03. The van der Waals surface area contributed by atoms with Gasteiger partial charge in [0.2, 0.25) is 10.0 Å². The molecule has 1 rings (SSSR count). The highest BCUT2D eigenvalue weighted by atomic mass is 32.2. The summed E-state index contributed by atoms with van der Waals surface area (Å²) in [7, 11) is -3.20. The number of hydrogen-bond acceptors (Lipinski definition) is 5. The maximum atomic E-state index is 11.8. The van der Waals surface area contributed by atoms with E-state index in [9.17, 15) is 13.2 Å². The van der Waals surface area contributed by atoms with Crippen molar-refractivity contribution in [2.24, 2.45) is 0 Å². The van der Waals surface area contributed by atoms with Gasteiger partial charge in [0.1, 0.15) is 6.61 Å². The molecule has 21 heavy (non-hydrogen) atoms. The highest BCUT2D eigenvalue weighted by Gasteiger charge is 2.06. The highest BCUT2D eigenvalue weighted by molar-refractivity contribution is 7.88. The van der Waals surface area contributed by atoms with Gasteiger partial charge in [0.05, 0.1) is 11.8 Å². The Morgan fingerprint density at radius 3 is 2.81 bits per heavy atom. The first-order valence-electron chi connectivity index (χ1n) is 6.20. The van der Waals surface area contributed by atoms with E-state index in [0.717, 1.165) is 6.26 Å². The number of aliphatic hydroxyl groups excluding tert-OH is 1. The number of aliphatic hydroxyl groups is 1. The molecule has 0 saturated carbocycles. The molecule has 0 aliphatic heterocycles. The van der Waals surface area contributed by atoms with Crippen LogP contribution < -0.4 is 10.0 Å². The van der Waals surface area contributed by atoms with Gasteiger partial charge in [0.15, 0.2) is 0 Å². The third-order valence-electron chi connectivity index (χ3n) is 2.32. The third kappa shape index (κ3) is 7.41. The van der Waals surface area contributed by atoms with Crippen molar-refractivity contribution >= 4 is 15.9 Å². The van der Waals surface area contributed by atoms with Gasteiger partial charge in [-0.25, -0.2) is 13.1 Å². The molecule has 0 aliphatic rings. The molecule has 1 aromatic heterocycles. The molecular formula is C13H17N3O4S. The van der Waals surface area contributed by atoms with Gasteiger partial charge in [-0.2, -0.15) is 0 Å². The summed E-state index contributed by atoms with van der Waals surface area (Å²) in [6.45, 7) is 0.344. The van der Waals surface area contributed by atoms with E-state index in [4.69, 9.17) is 5.11 Å². The topological polar surface area (TPSA) is 108 Å². The molecule has 114 valence electrons. The first-order valence-corrected chi connectivity index (χ1v) is 8.09. The zero-order chi connectivity index (χ0) is 15.7. The second-order valence-electron chi connectivity index (χ2n) is 4.20. The van der Waals surface area contributed by atoms with Crippen LogP contribution >= 0.6 is 0 Å². The number of amides is 1. The minimum absolute atomic E-state index is 0.260. The fourth-order valence-electron chi connectivity index (χ4n) is 1.42. The first kappa shape index (κ1) is 17.1. The van der Waals surface area contributed by atoms with Crippen LogP contribution in [0.3, 0.4) is 0 Å². The van der Waals surface area contributed by atoms with Crippen molar-refractivity contribution in [1.82, 2.24) is 15.0 Å². The monoisotopic (exact) mass is 311 g/mol. The van der Waals surface area contributed by atoms with E-state index < -0.39 is 10.0 Å². The van der Waals surface area contributed by atoms with Gasteiger partial charge in [0.25, 0.3) is 5.91 Å². The van der Waals surface area contributed by atoms with Gasteiger partial charge in [-0.3, -0.25) is 9.78 Å². The normalized spacial score (nSPS) is 10.6. The lowest BCUT2D eigenvalue weighted by atomic mass is 10.2. The first-order chi connectivity index (χ1) is 9.92. The van der Waals surface area contributed by atoms with E-state index in [0.29, 0.717) is 24.1 Å². The Labute approximate surface area is 123 Å². The molecule has 3 N–H and O–H groups in total. The van der Waals surface area contributed by atoms with Gasteiger partial charge in [0, 0.05) is 31.0 Å². The number of sulfonamides is 1. The minimum atomic E-state index is -3.20. The minimum Gasteiger partial charge on any atom is -0.384 e. The third-order valence-corrected chi connectivity index (χ3v) is 3.04. The molecule has 0 aliphatic carbocycles. The molecule has 1 amide bonds. The number of nitrogens with zero attached hydrogens (tertiary/aromatic N) is 1. The predicted octanol–water partition coefficient (Wildman–Crippen LogP) is -0.905. The van der Waals surface area contributed by atoms with Gasteiger partial charge in [-0.1, -0.05) is 11.8 Å². The molecule has 0 aromatic carbocycles. The summed E-state index contributed by atoms with van der Waals surface area (Å²) in [6.07, 6.45) is 4.47. The molecule has 7 nitrogen and oxygen atoms in total. The molecule has 0 bridgehead atoms. The molecule has 0 fully saturated rings. The molecule has 0 saturated heterocycles. The van der Waals surface area contributed by atoms with Crippen molar-refractivity contribution < 1.29 is 18.3 Å². The van der Waals surface area contributed by atoms with Crippen molar-refractivity contribution in [3.05, 3.63) is 29.6 Å². The molecule has 1 aromatic rings. The molecular weight excluding hydrogens is 294 g/mol. The zero-order valence-electron chi connectivity index (χ0n) is 11.6. The van der Waals surface area contributed by atoms with Crippen LogP contribution in [0.25, 0.3) is 0 Å². The summed E-state index contributed by atoms with van der Waals surface area (Å²) in [4.78, 5) is 15.7. The highest BCUT2D eigenvalue weighted by Crippen LogP contribution is 2.01. The van der Waals surface area contributed by atoms with E-state index in [1.54, 1.807) is 6.07 Å². The lowest BCUT2D eigenvalue weighted by Gasteiger charge is -2.05. The Kier molecular flexibility index (Phi) is 6.81. The van der Waals surface area contributed by atoms with E-state index in [-0.39, 0.29) is 19.1 Å². The van der Waals surface area contributed by atoms with Crippen LogP contribution in [0, 0.1) is 11.8 Å². The van der Waals surface area contributed by atoms with Crippen molar-refractivity contribution in [1.29, 1.82) is 0 Å². The van der Waals surface area contributed by atoms with Gasteiger partial charge in [-0.15, -0.1) is 0 Å². The number of aromatic nitrogens is 1. The maximum absolute atomic E-state index is 11.8. The van der Waals surface area contributed by atoms with Crippen molar-refractivity contribution in [3.8, 4) is 11.8 Å². The predicted molar refractivity (Wildman–Crippen MR) is 78.0 cm³/mol. The Bertz CT molecular complexity index is 647. The van der Waals surface area contributed by atoms with Crippen LogP contribution in [-0.2, 0) is 10.0 Å². The average molecular weight is 311 g/mol. The average Bonchev–Trinajstić information content (AvgIpc) is 2.43. The number of hydrogen-bond donors (Lipinski definition) is 3. The lowest BCUT2D eigenvalue weighted by Crippen LogP contribution is -2.29. The Morgan fingerprint density at radius 1 is 1.38 bits per heavy atom. The maximum Gasteiger partial charge on any atom is 0.252 e. The molecule has 8 heteroatoms. The fraction of sp³-hybridized carbons (Fsp3) is 0.385. The number of carbonyl (C=O) groups is 1. The molecule has 0 atom stereocenters. The summed E-state index contributed by atoms with van der Waals surface area (Å²) in [5.41, 5.74) is 0.895. The van der Waals surface area contributed by atoms with Crippen molar-refractivity contribution in [3.63, 3.8) is 0 Å². The lowest BCUT2D eigenvalue weighted by molar-refractivity contribution is 0.0953. The summed E-state index contributed by atoms with van der Waals surface area (Å²) < 4.78 is 24.0. The SMILES string of the molecule is CS(=O)(=O)NCCCNC(=O)c1cncc(C#CCO)c1. The van der Waals surface area contributed by atoms with Gasteiger partial charge in [-0.05, 0) is 12.5 Å². The summed E-state index contributed by atoms with van der Waals surface area (Å²) in [6, 6.07) is 1.57. The standard InChI is InChI=1S/C13H17N3O4S/c1-21(19,20)16-6-3-5-15-13(18)12-8-11(4-2-7-17)9-14-10-12/h8-10,16-17H,3,5-7H2,1H3,(H,15,18). The number of carbonyl (C=O) groups excluding carboxylic acids is 1. The Balaban J connectivity index is 2.45. The second kappa shape index (κ2) is 8.36. The number of rotatable bonds is 6. The van der Waals surface area contributed by atoms with Crippen LogP contribution in [0.1, 0.15) is 22.3 Å². The Hall–Kier alpha value is -1.95. The van der Waals surface area contributed by atoms with Crippen LogP contribution in [0.4, 0.5) is 0 Å². The van der Waals surface area contributed by atoms with Gasteiger partial charge < -0.3 is 10.4 Å². The van der Waals surface area contributed by atoms with Crippen LogP contribution in [0.2, 0.25) is 0 Å². The molecule has 1 heterocycles. The van der Waals surface area contributed by atoms with Crippen LogP contribution in [-0.4, -0.2) is 50.4 Å². The fourth-order valence-corrected chi connectivity index (χ4v) is 1.94. The van der Waals surface area contributed by atoms with Crippen molar-refractivity contribution in [2.45, 2.75) is 6.42 Å². The van der Waals surface area contributed by atoms with Gasteiger partial charge >= 0.3 is 0 Å². The molecule has 0 radical (unpaired) electrons. The smallest absolute Gasteiger partial charge is 0.252 e.